The van der Waals surface area contributed by atoms with E-state index in [0.717, 1.165) is 25.2 Å². The Morgan fingerprint density at radius 2 is 1.64 bits per heavy atom. The quantitative estimate of drug-likeness (QED) is 0.471. The molecule has 1 aliphatic heterocycles. The van der Waals surface area contributed by atoms with Crippen LogP contribution in [0, 0.1) is 22.2 Å². The zero-order valence-electron chi connectivity index (χ0n) is 15.4. The summed E-state index contributed by atoms with van der Waals surface area (Å²) >= 11 is 0. The molecule has 0 fully saturated rings. The predicted octanol–water partition coefficient (Wildman–Crippen LogP) is 2.17. The Labute approximate surface area is 159 Å². The maximum absolute atomic E-state index is 12.5. The number of nitrogens with zero attached hydrogens (tertiary/aromatic N) is 2. The first-order chi connectivity index (χ1) is 13.2. The molecule has 0 bridgehead atoms. The number of carbonyl (C=O) groups excluding carboxylic acids is 2. The van der Waals surface area contributed by atoms with Crippen LogP contribution in [-0.2, 0) is 19.1 Å². The van der Waals surface area contributed by atoms with Crippen LogP contribution in [0.5, 0.6) is 0 Å². The topological polar surface area (TPSA) is 136 Å². The number of allylic oxidation sites excluding steroid dienone is 2. The summed E-state index contributed by atoms with van der Waals surface area (Å²) in [6.07, 6.45) is -1.45. The highest BCUT2D eigenvalue weighted by atomic mass is 16.6. The Morgan fingerprint density at radius 3 is 2.04 bits per heavy atom. The highest BCUT2D eigenvalue weighted by Gasteiger charge is 2.44. The third-order valence-electron chi connectivity index (χ3n) is 4.32. The lowest BCUT2D eigenvalue weighted by molar-refractivity contribution is -0.385. The van der Waals surface area contributed by atoms with E-state index in [1.54, 1.807) is 0 Å². The van der Waals surface area contributed by atoms with E-state index in [9.17, 15) is 29.6 Å². The molecule has 0 atom stereocenters. The number of ether oxygens (including phenoxy) is 2. The van der Waals surface area contributed by atoms with Crippen LogP contribution in [0.2, 0.25) is 0 Å². The number of hydrogen-bond acceptors (Lipinski definition) is 7. The van der Waals surface area contributed by atoms with Gasteiger partial charge in [-0.2, -0.15) is 0 Å². The molecule has 1 aromatic rings. The SMILES string of the molecule is COC(=O)C1=C(C)N(C(=O)O)C(C)=C(C(=O)OC)C1c1c#cccc1[N+](=O)[O-]. The van der Waals surface area contributed by atoms with Crippen LogP contribution < -0.4 is 0 Å². The first kappa shape index (κ1) is 20.4. The van der Waals surface area contributed by atoms with E-state index in [-0.39, 0.29) is 28.1 Å². The molecule has 1 aromatic carbocycles. The zero-order valence-corrected chi connectivity index (χ0v) is 15.4. The van der Waals surface area contributed by atoms with Crippen LogP contribution in [0.4, 0.5) is 10.5 Å². The van der Waals surface area contributed by atoms with E-state index < -0.39 is 34.6 Å². The van der Waals surface area contributed by atoms with E-state index in [2.05, 4.69) is 12.1 Å². The van der Waals surface area contributed by atoms with E-state index in [1.807, 2.05) is 0 Å². The normalized spacial score (nSPS) is 14.5. The van der Waals surface area contributed by atoms with E-state index in [0.29, 0.717) is 0 Å². The molecule has 1 heterocycles. The van der Waals surface area contributed by atoms with Crippen LogP contribution >= 0.6 is 0 Å². The van der Waals surface area contributed by atoms with E-state index in [1.165, 1.54) is 19.9 Å². The predicted molar refractivity (Wildman–Crippen MR) is 92.8 cm³/mol. The van der Waals surface area contributed by atoms with Gasteiger partial charge < -0.3 is 14.6 Å². The summed E-state index contributed by atoms with van der Waals surface area (Å²) in [5, 5.41) is 21.0. The first-order valence-corrected chi connectivity index (χ1v) is 7.85. The molecule has 0 unspecified atom stereocenters. The highest BCUT2D eigenvalue weighted by Crippen LogP contribution is 2.44. The Bertz CT molecular complexity index is 891. The van der Waals surface area contributed by atoms with Crippen molar-refractivity contribution in [2.75, 3.05) is 14.2 Å². The Kier molecular flexibility index (Phi) is 5.69. The van der Waals surface area contributed by atoms with Gasteiger partial charge >= 0.3 is 18.0 Å². The fourth-order valence-corrected chi connectivity index (χ4v) is 3.15. The fraction of sp³-hybridized carbons (Fsp3) is 0.278. The van der Waals surface area contributed by atoms with Crippen molar-refractivity contribution in [3.05, 3.63) is 62.5 Å². The second kappa shape index (κ2) is 7.79. The molecule has 0 saturated heterocycles. The van der Waals surface area contributed by atoms with Crippen molar-refractivity contribution in [1.82, 2.24) is 4.90 Å². The van der Waals surface area contributed by atoms with E-state index >= 15 is 0 Å². The second-order valence-electron chi connectivity index (χ2n) is 5.69. The van der Waals surface area contributed by atoms with Crippen LogP contribution in [-0.4, -0.2) is 47.2 Å². The van der Waals surface area contributed by atoms with Gasteiger partial charge in [-0.1, -0.05) is 12.1 Å². The number of hydrogen-bond donors (Lipinski definition) is 1. The third kappa shape index (κ3) is 3.25. The third-order valence-corrected chi connectivity index (χ3v) is 4.32. The van der Waals surface area contributed by atoms with Crippen LogP contribution in [0.3, 0.4) is 0 Å². The minimum absolute atomic E-state index is 0.0546. The summed E-state index contributed by atoms with van der Waals surface area (Å²) in [5.74, 6) is -3.23. The molecule has 0 spiro atoms. The standard InChI is InChI=1S/C18H16N2O8/c1-9-13(16(21)27-3)15(11-7-5-6-8-12(11)20(25)26)14(17(22)28-4)10(2)19(9)18(23)24/h6,8,15H,1-4H3,(H,23,24). The summed E-state index contributed by atoms with van der Waals surface area (Å²) in [7, 11) is 2.14. The fourth-order valence-electron chi connectivity index (χ4n) is 3.15. The lowest BCUT2D eigenvalue weighted by atomic mass is 9.79. The number of esters is 2. The molecule has 2 rings (SSSR count). The molecule has 1 amide bonds. The maximum Gasteiger partial charge on any atom is 0.415 e. The van der Waals surface area contributed by atoms with Gasteiger partial charge in [0.2, 0.25) is 0 Å². The molecule has 1 aliphatic rings. The van der Waals surface area contributed by atoms with Crippen LogP contribution in [0.1, 0.15) is 25.3 Å². The van der Waals surface area contributed by atoms with Gasteiger partial charge in [-0.15, -0.1) is 0 Å². The minimum Gasteiger partial charge on any atom is -0.466 e. The van der Waals surface area contributed by atoms with Crippen molar-refractivity contribution in [2.24, 2.45) is 0 Å². The maximum atomic E-state index is 12.5. The van der Waals surface area contributed by atoms with Gasteiger partial charge in [-0.3, -0.25) is 15.0 Å². The lowest BCUT2D eigenvalue weighted by Crippen LogP contribution is -2.37. The lowest BCUT2D eigenvalue weighted by Gasteiger charge is -2.34. The van der Waals surface area contributed by atoms with Gasteiger partial charge in [0.1, 0.15) is 0 Å². The highest BCUT2D eigenvalue weighted by molar-refractivity contribution is 6.01. The molecule has 10 heteroatoms. The minimum atomic E-state index is -1.45. The Hall–Kier alpha value is -3.87. The molecule has 28 heavy (non-hydrogen) atoms. The monoisotopic (exact) mass is 388 g/mol. The first-order valence-electron chi connectivity index (χ1n) is 7.85. The average Bonchev–Trinajstić information content (AvgIpc) is 2.66. The molecule has 0 radical (unpaired) electrons. The average molecular weight is 388 g/mol. The molecule has 0 aliphatic carbocycles. The van der Waals surface area contributed by atoms with Crippen molar-refractivity contribution in [3.63, 3.8) is 0 Å². The van der Waals surface area contributed by atoms with Crippen molar-refractivity contribution < 1.29 is 33.9 Å². The second-order valence-corrected chi connectivity index (χ2v) is 5.69. The molecular weight excluding hydrogens is 372 g/mol. The van der Waals surface area contributed by atoms with Gasteiger partial charge in [0.15, 0.2) is 0 Å². The van der Waals surface area contributed by atoms with Crippen molar-refractivity contribution in [3.8, 4) is 0 Å². The largest absolute Gasteiger partial charge is 0.466 e. The van der Waals surface area contributed by atoms with Crippen molar-refractivity contribution >= 4 is 23.7 Å². The Balaban J connectivity index is 2.95. The number of carboxylic acid groups (broad SMARTS) is 1. The van der Waals surface area contributed by atoms with Gasteiger partial charge in [0, 0.05) is 17.5 Å². The van der Waals surface area contributed by atoms with Crippen molar-refractivity contribution in [1.29, 1.82) is 0 Å². The summed E-state index contributed by atoms with van der Waals surface area (Å²) in [6.45, 7) is 2.67. The number of carbonyl (C=O) groups is 3. The number of amides is 1. The summed E-state index contributed by atoms with van der Waals surface area (Å²) < 4.78 is 9.50. The van der Waals surface area contributed by atoms with Gasteiger partial charge in [-0.05, 0) is 19.9 Å². The smallest absolute Gasteiger partial charge is 0.415 e. The number of rotatable bonds is 4. The van der Waals surface area contributed by atoms with Crippen LogP contribution in [0.25, 0.3) is 0 Å². The number of methoxy groups -OCH3 is 2. The summed E-state index contributed by atoms with van der Waals surface area (Å²) in [4.78, 5) is 48.3. The molecule has 0 saturated carbocycles. The zero-order chi connectivity index (χ0) is 21.2. The van der Waals surface area contributed by atoms with E-state index in [4.69, 9.17) is 9.47 Å². The molecule has 10 nitrogen and oxygen atoms in total. The van der Waals surface area contributed by atoms with Crippen LogP contribution in [0.15, 0.2) is 34.7 Å². The van der Waals surface area contributed by atoms with Gasteiger partial charge in [0.25, 0.3) is 5.69 Å². The molecule has 1 N–H and O–H groups in total. The summed E-state index contributed by atoms with van der Waals surface area (Å²) in [5.41, 5.74) is -1.18. The summed E-state index contributed by atoms with van der Waals surface area (Å²) in [6, 6.07) is 7.54. The van der Waals surface area contributed by atoms with Crippen molar-refractivity contribution in [2.45, 2.75) is 19.8 Å². The van der Waals surface area contributed by atoms with Gasteiger partial charge in [0.05, 0.1) is 41.8 Å². The Morgan fingerprint density at radius 1 is 1.14 bits per heavy atom. The molecular formula is C18H16N2O8. The van der Waals surface area contributed by atoms with Gasteiger partial charge in [-0.25, -0.2) is 14.4 Å². The molecule has 146 valence electrons. The molecule has 0 aromatic heterocycles. The number of nitro groups is 1.